The second-order valence-electron chi connectivity index (χ2n) is 5.82. The van der Waals surface area contributed by atoms with Crippen LogP contribution < -0.4 is 10.2 Å². The molecule has 1 aromatic rings. The van der Waals surface area contributed by atoms with Crippen LogP contribution in [-0.2, 0) is 10.0 Å². The first-order chi connectivity index (χ1) is 10.3. The highest BCUT2D eigenvalue weighted by Gasteiger charge is 2.31. The molecule has 0 saturated carbocycles. The predicted octanol–water partition coefficient (Wildman–Crippen LogP) is 0.906. The second-order valence-corrected chi connectivity index (χ2v) is 7.76. The lowest BCUT2D eigenvalue weighted by atomic mass is 10.1. The van der Waals surface area contributed by atoms with E-state index in [1.807, 2.05) is 37.2 Å². The Hall–Kier alpha value is -1.60. The molecule has 2 rings (SSSR count). The van der Waals surface area contributed by atoms with Gasteiger partial charge in [0, 0.05) is 44.5 Å². The molecule has 122 valence electrons. The standard InChI is InChI=1S/C15H23N3O3S/c1-17(2)13-7-4-6-12(10-13)15(19)16-11-14-8-5-9-18(14)22(3,20)21/h4,6-7,10,14H,5,8-9,11H2,1-3H3,(H,16,19). The van der Waals surface area contributed by atoms with E-state index >= 15 is 0 Å². The number of nitrogens with zero attached hydrogens (tertiary/aromatic N) is 2. The minimum Gasteiger partial charge on any atom is -0.378 e. The molecular weight excluding hydrogens is 302 g/mol. The van der Waals surface area contributed by atoms with Crippen LogP contribution in [0.2, 0.25) is 0 Å². The summed E-state index contributed by atoms with van der Waals surface area (Å²) in [6.45, 7) is 0.883. The summed E-state index contributed by atoms with van der Waals surface area (Å²) in [5, 5.41) is 2.85. The van der Waals surface area contributed by atoms with E-state index in [-0.39, 0.29) is 11.9 Å². The Balaban J connectivity index is 2.00. The van der Waals surface area contributed by atoms with Crippen LogP contribution in [0.5, 0.6) is 0 Å². The smallest absolute Gasteiger partial charge is 0.251 e. The average molecular weight is 325 g/mol. The van der Waals surface area contributed by atoms with Crippen molar-refractivity contribution in [1.29, 1.82) is 0 Å². The molecule has 0 spiro atoms. The number of rotatable bonds is 5. The van der Waals surface area contributed by atoms with Crippen LogP contribution in [0.4, 0.5) is 5.69 Å². The first kappa shape index (κ1) is 16.8. The number of carbonyl (C=O) groups is 1. The van der Waals surface area contributed by atoms with Crippen molar-refractivity contribution in [1.82, 2.24) is 9.62 Å². The third-order valence-corrected chi connectivity index (χ3v) is 5.20. The Morgan fingerprint density at radius 1 is 1.41 bits per heavy atom. The largest absolute Gasteiger partial charge is 0.378 e. The van der Waals surface area contributed by atoms with Gasteiger partial charge in [0.05, 0.1) is 6.26 Å². The van der Waals surface area contributed by atoms with Crippen LogP contribution in [0.15, 0.2) is 24.3 Å². The molecule has 1 aliphatic heterocycles. The summed E-state index contributed by atoms with van der Waals surface area (Å²) in [5.41, 5.74) is 1.53. The summed E-state index contributed by atoms with van der Waals surface area (Å²) in [7, 11) is 0.626. The number of carbonyl (C=O) groups excluding carboxylic acids is 1. The first-order valence-electron chi connectivity index (χ1n) is 7.31. The minimum atomic E-state index is -3.21. The SMILES string of the molecule is CN(C)c1cccc(C(=O)NCC2CCCN2S(C)(=O)=O)c1. The summed E-state index contributed by atoms with van der Waals surface area (Å²) in [4.78, 5) is 14.2. The van der Waals surface area contributed by atoms with Gasteiger partial charge in [0.2, 0.25) is 10.0 Å². The molecule has 22 heavy (non-hydrogen) atoms. The van der Waals surface area contributed by atoms with E-state index in [9.17, 15) is 13.2 Å². The summed E-state index contributed by atoms with van der Waals surface area (Å²) in [5.74, 6) is -0.177. The monoisotopic (exact) mass is 325 g/mol. The number of hydrogen-bond acceptors (Lipinski definition) is 4. The van der Waals surface area contributed by atoms with E-state index in [1.165, 1.54) is 10.6 Å². The molecule has 1 saturated heterocycles. The van der Waals surface area contributed by atoms with Crippen LogP contribution in [0.25, 0.3) is 0 Å². The van der Waals surface area contributed by atoms with Crippen molar-refractivity contribution in [2.24, 2.45) is 0 Å². The third kappa shape index (κ3) is 3.98. The van der Waals surface area contributed by atoms with Crippen molar-refractivity contribution in [3.05, 3.63) is 29.8 Å². The van der Waals surface area contributed by atoms with Gasteiger partial charge in [-0.2, -0.15) is 4.31 Å². The van der Waals surface area contributed by atoms with Crippen molar-refractivity contribution in [2.45, 2.75) is 18.9 Å². The summed E-state index contributed by atoms with van der Waals surface area (Å²) >= 11 is 0. The fourth-order valence-electron chi connectivity index (χ4n) is 2.69. The molecule has 0 bridgehead atoms. The maximum absolute atomic E-state index is 12.2. The van der Waals surface area contributed by atoms with Gasteiger partial charge in [-0.3, -0.25) is 4.79 Å². The van der Waals surface area contributed by atoms with Crippen LogP contribution in [0.3, 0.4) is 0 Å². The molecule has 1 unspecified atom stereocenters. The number of sulfonamides is 1. The number of nitrogens with one attached hydrogen (secondary N) is 1. The molecule has 7 heteroatoms. The average Bonchev–Trinajstić information content (AvgIpc) is 2.93. The molecule has 1 aliphatic rings. The number of amides is 1. The van der Waals surface area contributed by atoms with Crippen molar-refractivity contribution in [3.63, 3.8) is 0 Å². The Morgan fingerprint density at radius 3 is 2.77 bits per heavy atom. The molecule has 1 heterocycles. The Labute approximate surface area is 132 Å². The van der Waals surface area contributed by atoms with E-state index in [0.29, 0.717) is 18.7 Å². The zero-order valence-corrected chi connectivity index (χ0v) is 14.1. The molecule has 0 aliphatic carbocycles. The van der Waals surface area contributed by atoms with Gasteiger partial charge in [0.15, 0.2) is 0 Å². The highest BCUT2D eigenvalue weighted by Crippen LogP contribution is 2.20. The normalized spacial score (nSPS) is 19.1. The van der Waals surface area contributed by atoms with E-state index in [0.717, 1.165) is 18.5 Å². The lowest BCUT2D eigenvalue weighted by molar-refractivity contribution is 0.0946. The first-order valence-corrected chi connectivity index (χ1v) is 9.16. The van der Waals surface area contributed by atoms with Gasteiger partial charge in [0.25, 0.3) is 5.91 Å². The van der Waals surface area contributed by atoms with Gasteiger partial charge >= 0.3 is 0 Å². The maximum atomic E-state index is 12.2. The van der Waals surface area contributed by atoms with Gasteiger partial charge in [-0.1, -0.05) is 6.07 Å². The molecule has 1 N–H and O–H groups in total. The Bertz CT molecular complexity index is 643. The molecule has 1 aromatic carbocycles. The third-order valence-electron chi connectivity index (χ3n) is 3.87. The second kappa shape index (κ2) is 6.66. The zero-order chi connectivity index (χ0) is 16.3. The highest BCUT2D eigenvalue weighted by molar-refractivity contribution is 7.88. The lowest BCUT2D eigenvalue weighted by Crippen LogP contribution is -2.42. The van der Waals surface area contributed by atoms with E-state index < -0.39 is 10.0 Å². The topological polar surface area (TPSA) is 69.7 Å². The predicted molar refractivity (Wildman–Crippen MR) is 87.7 cm³/mol. The van der Waals surface area contributed by atoms with Gasteiger partial charge in [-0.05, 0) is 31.0 Å². The van der Waals surface area contributed by atoms with E-state index in [1.54, 1.807) is 6.07 Å². The van der Waals surface area contributed by atoms with Gasteiger partial charge in [-0.15, -0.1) is 0 Å². The number of anilines is 1. The molecule has 1 fully saturated rings. The van der Waals surface area contributed by atoms with Crippen molar-refractivity contribution in [3.8, 4) is 0 Å². The molecule has 0 radical (unpaired) electrons. The van der Waals surface area contributed by atoms with Crippen molar-refractivity contribution in [2.75, 3.05) is 38.3 Å². The summed E-state index contributed by atoms with van der Waals surface area (Å²) in [6, 6.07) is 7.20. The molecule has 6 nitrogen and oxygen atoms in total. The Morgan fingerprint density at radius 2 is 2.14 bits per heavy atom. The molecule has 1 atom stereocenters. The fraction of sp³-hybridized carbons (Fsp3) is 0.533. The van der Waals surface area contributed by atoms with Gasteiger partial charge < -0.3 is 10.2 Å². The summed E-state index contributed by atoms with van der Waals surface area (Å²) < 4.78 is 24.8. The van der Waals surface area contributed by atoms with E-state index in [4.69, 9.17) is 0 Å². The van der Waals surface area contributed by atoms with Gasteiger partial charge in [0.1, 0.15) is 0 Å². The Kier molecular flexibility index (Phi) is 5.08. The number of hydrogen-bond donors (Lipinski definition) is 1. The molecular formula is C15H23N3O3S. The number of benzene rings is 1. The van der Waals surface area contributed by atoms with Crippen LogP contribution in [0.1, 0.15) is 23.2 Å². The highest BCUT2D eigenvalue weighted by atomic mass is 32.2. The van der Waals surface area contributed by atoms with Crippen molar-refractivity contribution >= 4 is 21.6 Å². The lowest BCUT2D eigenvalue weighted by Gasteiger charge is -2.22. The maximum Gasteiger partial charge on any atom is 0.251 e. The molecule has 1 amide bonds. The minimum absolute atomic E-state index is 0.143. The van der Waals surface area contributed by atoms with E-state index in [2.05, 4.69) is 5.32 Å². The van der Waals surface area contributed by atoms with Crippen LogP contribution >= 0.6 is 0 Å². The van der Waals surface area contributed by atoms with Crippen molar-refractivity contribution < 1.29 is 13.2 Å². The van der Waals surface area contributed by atoms with Gasteiger partial charge in [-0.25, -0.2) is 8.42 Å². The quantitative estimate of drug-likeness (QED) is 0.873. The summed E-state index contributed by atoms with van der Waals surface area (Å²) in [6.07, 6.45) is 2.84. The van der Waals surface area contributed by atoms with Crippen LogP contribution in [0, 0.1) is 0 Å². The fourth-order valence-corrected chi connectivity index (χ4v) is 3.87. The zero-order valence-electron chi connectivity index (χ0n) is 13.2. The molecule has 0 aromatic heterocycles. The van der Waals surface area contributed by atoms with Crippen LogP contribution in [-0.4, -0.2) is 58.1 Å².